The summed E-state index contributed by atoms with van der Waals surface area (Å²) in [6, 6.07) is 19.9. The van der Waals surface area contributed by atoms with Gasteiger partial charge >= 0.3 is 0 Å². The van der Waals surface area contributed by atoms with E-state index in [0.717, 1.165) is 18.5 Å². The van der Waals surface area contributed by atoms with Crippen LogP contribution in [0.1, 0.15) is 25.3 Å². The fraction of sp³-hybridized carbons (Fsp3) is 0.318. The summed E-state index contributed by atoms with van der Waals surface area (Å²) in [5.74, 6) is -0.127. The van der Waals surface area contributed by atoms with Crippen molar-refractivity contribution in [2.45, 2.75) is 31.4 Å². The molecule has 2 amide bonds. The molecule has 0 spiro atoms. The molecule has 1 saturated heterocycles. The number of carbonyl (C=O) groups is 2. The molecule has 3 rings (SSSR count). The lowest BCUT2D eigenvalue weighted by atomic mass is 10.1. The van der Waals surface area contributed by atoms with E-state index in [1.165, 1.54) is 17.3 Å². The second-order valence-corrected chi connectivity index (χ2v) is 7.74. The molecular weight excluding hydrogens is 370 g/mol. The SMILES string of the molecule is CCNC(=O)CC1SC(=Nc2ccccc2)N(CCCc2ccccc2)C1=O. The molecule has 0 saturated carbocycles. The number of hydrogen-bond acceptors (Lipinski definition) is 4. The fourth-order valence-electron chi connectivity index (χ4n) is 3.07. The highest BCUT2D eigenvalue weighted by Gasteiger charge is 2.38. The number of nitrogens with zero attached hydrogens (tertiary/aromatic N) is 2. The zero-order chi connectivity index (χ0) is 19.8. The molecule has 2 aromatic carbocycles. The summed E-state index contributed by atoms with van der Waals surface area (Å²) in [5, 5.41) is 3.04. The van der Waals surface area contributed by atoms with E-state index in [0.29, 0.717) is 18.3 Å². The number of nitrogens with one attached hydrogen (secondary N) is 1. The van der Waals surface area contributed by atoms with Crippen molar-refractivity contribution in [1.82, 2.24) is 10.2 Å². The summed E-state index contributed by atoms with van der Waals surface area (Å²) < 4.78 is 0. The number of amides is 2. The molecule has 28 heavy (non-hydrogen) atoms. The standard InChI is InChI=1S/C22H25N3O2S/c1-2-23-20(26)16-19-21(27)25(15-9-12-17-10-5-3-6-11-17)22(28-19)24-18-13-7-4-8-14-18/h3-8,10-11,13-14,19H,2,9,12,15-16H2,1H3,(H,23,26). The topological polar surface area (TPSA) is 61.8 Å². The highest BCUT2D eigenvalue weighted by molar-refractivity contribution is 8.15. The molecule has 1 heterocycles. The Hall–Kier alpha value is -2.60. The van der Waals surface area contributed by atoms with Gasteiger partial charge in [-0.05, 0) is 37.5 Å². The van der Waals surface area contributed by atoms with Crippen molar-refractivity contribution in [3.8, 4) is 0 Å². The maximum Gasteiger partial charge on any atom is 0.242 e. The lowest BCUT2D eigenvalue weighted by molar-refractivity contribution is -0.129. The third-order valence-corrected chi connectivity index (χ3v) is 5.61. The Bertz CT molecular complexity index is 824. The number of hydrogen-bond donors (Lipinski definition) is 1. The van der Waals surface area contributed by atoms with Crippen molar-refractivity contribution < 1.29 is 9.59 Å². The molecule has 1 fully saturated rings. The quantitative estimate of drug-likeness (QED) is 0.740. The number of para-hydroxylation sites is 1. The van der Waals surface area contributed by atoms with Gasteiger partial charge in [0.1, 0.15) is 5.25 Å². The fourth-order valence-corrected chi connectivity index (χ4v) is 4.25. The smallest absolute Gasteiger partial charge is 0.242 e. The Morgan fingerprint density at radius 3 is 2.46 bits per heavy atom. The van der Waals surface area contributed by atoms with Crippen molar-refractivity contribution in [1.29, 1.82) is 0 Å². The van der Waals surface area contributed by atoms with Crippen LogP contribution in [-0.4, -0.2) is 40.2 Å². The summed E-state index contributed by atoms with van der Waals surface area (Å²) in [6.07, 6.45) is 1.92. The first-order chi connectivity index (χ1) is 13.7. The van der Waals surface area contributed by atoms with Crippen LogP contribution in [0, 0.1) is 0 Å². The van der Waals surface area contributed by atoms with Crippen LogP contribution >= 0.6 is 11.8 Å². The summed E-state index contributed by atoms with van der Waals surface area (Å²) in [6.45, 7) is 3.04. The molecule has 146 valence electrons. The number of aryl methyl sites for hydroxylation is 1. The average molecular weight is 396 g/mol. The normalized spacial score (nSPS) is 17.9. The van der Waals surface area contributed by atoms with Crippen molar-refractivity contribution >= 4 is 34.4 Å². The maximum absolute atomic E-state index is 12.9. The highest BCUT2D eigenvalue weighted by Crippen LogP contribution is 2.31. The van der Waals surface area contributed by atoms with Crippen LogP contribution in [-0.2, 0) is 16.0 Å². The third kappa shape index (κ3) is 5.45. The molecule has 1 N–H and O–H groups in total. The van der Waals surface area contributed by atoms with Crippen LogP contribution in [0.15, 0.2) is 65.7 Å². The highest BCUT2D eigenvalue weighted by atomic mass is 32.2. The van der Waals surface area contributed by atoms with Gasteiger partial charge in [0.2, 0.25) is 11.8 Å². The number of amidine groups is 1. The Morgan fingerprint density at radius 2 is 1.79 bits per heavy atom. The largest absolute Gasteiger partial charge is 0.356 e. The Balaban J connectivity index is 1.71. The Kier molecular flexibility index (Phi) is 7.25. The number of carbonyl (C=O) groups excluding carboxylic acids is 2. The Labute approximate surface area is 170 Å². The number of rotatable bonds is 8. The van der Waals surface area contributed by atoms with Crippen molar-refractivity contribution in [3.05, 3.63) is 66.2 Å². The molecule has 6 heteroatoms. The van der Waals surface area contributed by atoms with E-state index in [4.69, 9.17) is 0 Å². The molecule has 1 aliphatic heterocycles. The second-order valence-electron chi connectivity index (χ2n) is 6.57. The first kappa shape index (κ1) is 20.1. The van der Waals surface area contributed by atoms with Crippen molar-refractivity contribution in [3.63, 3.8) is 0 Å². The monoisotopic (exact) mass is 395 g/mol. The van der Waals surface area contributed by atoms with Gasteiger partial charge in [0.05, 0.1) is 5.69 Å². The van der Waals surface area contributed by atoms with Gasteiger partial charge in [0.15, 0.2) is 5.17 Å². The van der Waals surface area contributed by atoms with Crippen LogP contribution in [0.2, 0.25) is 0 Å². The molecule has 0 aliphatic carbocycles. The summed E-state index contributed by atoms with van der Waals surface area (Å²) in [4.78, 5) is 31.3. The summed E-state index contributed by atoms with van der Waals surface area (Å²) in [7, 11) is 0. The zero-order valence-corrected chi connectivity index (χ0v) is 16.8. The predicted molar refractivity (Wildman–Crippen MR) is 115 cm³/mol. The molecule has 0 aromatic heterocycles. The molecule has 5 nitrogen and oxygen atoms in total. The third-order valence-electron chi connectivity index (χ3n) is 4.44. The minimum Gasteiger partial charge on any atom is -0.356 e. The van der Waals surface area contributed by atoms with Gasteiger partial charge in [0.25, 0.3) is 0 Å². The molecule has 1 unspecified atom stereocenters. The second kappa shape index (κ2) is 10.1. The van der Waals surface area contributed by atoms with Gasteiger partial charge < -0.3 is 5.32 Å². The summed E-state index contributed by atoms with van der Waals surface area (Å²) >= 11 is 1.39. The molecular formula is C22H25N3O2S. The van der Waals surface area contributed by atoms with E-state index in [1.807, 2.05) is 55.5 Å². The van der Waals surface area contributed by atoms with E-state index >= 15 is 0 Å². The average Bonchev–Trinajstić information content (AvgIpc) is 2.98. The lowest BCUT2D eigenvalue weighted by Gasteiger charge is -2.16. The number of benzene rings is 2. The minimum absolute atomic E-state index is 0.0287. The van der Waals surface area contributed by atoms with Gasteiger partial charge in [-0.15, -0.1) is 0 Å². The number of thioether (sulfide) groups is 1. The van der Waals surface area contributed by atoms with Crippen LogP contribution < -0.4 is 5.32 Å². The van der Waals surface area contributed by atoms with Crippen molar-refractivity contribution in [2.24, 2.45) is 4.99 Å². The predicted octanol–water partition coefficient (Wildman–Crippen LogP) is 3.78. The zero-order valence-electron chi connectivity index (χ0n) is 16.0. The first-order valence-corrected chi connectivity index (χ1v) is 10.5. The molecule has 1 aliphatic rings. The first-order valence-electron chi connectivity index (χ1n) is 9.59. The van der Waals surface area contributed by atoms with E-state index in [-0.39, 0.29) is 18.2 Å². The van der Waals surface area contributed by atoms with Gasteiger partial charge in [-0.1, -0.05) is 60.3 Å². The van der Waals surface area contributed by atoms with Crippen LogP contribution in [0.3, 0.4) is 0 Å². The van der Waals surface area contributed by atoms with Gasteiger partial charge in [-0.3, -0.25) is 14.5 Å². The van der Waals surface area contributed by atoms with E-state index in [2.05, 4.69) is 22.4 Å². The van der Waals surface area contributed by atoms with Crippen LogP contribution in [0.5, 0.6) is 0 Å². The van der Waals surface area contributed by atoms with Crippen molar-refractivity contribution in [2.75, 3.05) is 13.1 Å². The molecule has 0 bridgehead atoms. The van der Waals surface area contributed by atoms with Gasteiger partial charge in [0, 0.05) is 19.5 Å². The molecule has 0 radical (unpaired) electrons. The molecule has 2 aromatic rings. The summed E-state index contributed by atoms with van der Waals surface area (Å²) in [5.41, 5.74) is 2.06. The van der Waals surface area contributed by atoms with E-state index in [9.17, 15) is 9.59 Å². The van der Waals surface area contributed by atoms with Crippen LogP contribution in [0.4, 0.5) is 5.69 Å². The minimum atomic E-state index is -0.411. The van der Waals surface area contributed by atoms with E-state index in [1.54, 1.807) is 4.90 Å². The maximum atomic E-state index is 12.9. The van der Waals surface area contributed by atoms with Gasteiger partial charge in [-0.25, -0.2) is 4.99 Å². The number of aliphatic imine (C=N–C) groups is 1. The van der Waals surface area contributed by atoms with E-state index < -0.39 is 5.25 Å². The van der Waals surface area contributed by atoms with Gasteiger partial charge in [-0.2, -0.15) is 0 Å². The lowest BCUT2D eigenvalue weighted by Crippen LogP contribution is -2.35. The van der Waals surface area contributed by atoms with Crippen LogP contribution in [0.25, 0.3) is 0 Å². The Morgan fingerprint density at radius 1 is 1.11 bits per heavy atom. The molecule has 1 atom stereocenters.